The zero-order valence-corrected chi connectivity index (χ0v) is 7.29. The second-order valence-electron chi connectivity index (χ2n) is 3.11. The first-order chi connectivity index (χ1) is 5.24. The van der Waals surface area contributed by atoms with Crippen molar-refractivity contribution in [2.45, 2.75) is 25.6 Å². The van der Waals surface area contributed by atoms with Gasteiger partial charge in [-0.25, -0.2) is 0 Å². The third-order valence-corrected chi connectivity index (χ3v) is 2.11. The van der Waals surface area contributed by atoms with Crippen molar-refractivity contribution >= 4 is 0 Å². The lowest BCUT2D eigenvalue weighted by Crippen LogP contribution is -2.46. The summed E-state index contributed by atoms with van der Waals surface area (Å²) in [5, 5.41) is 9.47. The van der Waals surface area contributed by atoms with Crippen LogP contribution in [0.3, 0.4) is 0 Å². The van der Waals surface area contributed by atoms with E-state index in [4.69, 9.17) is 4.74 Å². The Labute approximate surface area is 68.0 Å². The number of hydrogen-bond acceptors (Lipinski definition) is 3. The van der Waals surface area contributed by atoms with Crippen LogP contribution in [0.25, 0.3) is 0 Å². The fourth-order valence-electron chi connectivity index (χ4n) is 1.44. The third kappa shape index (κ3) is 2.43. The maximum atomic E-state index is 9.47. The van der Waals surface area contributed by atoms with Gasteiger partial charge in [0.05, 0.1) is 12.2 Å². The summed E-state index contributed by atoms with van der Waals surface area (Å²) in [6.45, 7) is 4.48. The summed E-state index contributed by atoms with van der Waals surface area (Å²) in [5.41, 5.74) is 0. The monoisotopic (exact) mass is 159 g/mol. The van der Waals surface area contributed by atoms with Crippen LogP contribution in [0.4, 0.5) is 0 Å². The minimum Gasteiger partial charge on any atom is -0.390 e. The quantitative estimate of drug-likeness (QED) is 0.619. The zero-order valence-electron chi connectivity index (χ0n) is 7.29. The highest BCUT2D eigenvalue weighted by Crippen LogP contribution is 2.11. The molecule has 11 heavy (non-hydrogen) atoms. The fraction of sp³-hybridized carbons (Fsp3) is 1.00. The minimum absolute atomic E-state index is 0.0266. The van der Waals surface area contributed by atoms with Crippen molar-refractivity contribution in [3.05, 3.63) is 0 Å². The number of rotatable bonds is 2. The van der Waals surface area contributed by atoms with Crippen LogP contribution in [0, 0.1) is 0 Å². The SMILES string of the molecule is CCOC1CN(C)CCC1O. The van der Waals surface area contributed by atoms with Crippen LogP contribution in [-0.2, 0) is 4.74 Å². The summed E-state index contributed by atoms with van der Waals surface area (Å²) in [6.07, 6.45) is 0.603. The van der Waals surface area contributed by atoms with Gasteiger partial charge in [-0.1, -0.05) is 0 Å². The van der Waals surface area contributed by atoms with Crippen molar-refractivity contribution < 1.29 is 9.84 Å². The van der Waals surface area contributed by atoms with Gasteiger partial charge in [-0.15, -0.1) is 0 Å². The van der Waals surface area contributed by atoms with E-state index in [-0.39, 0.29) is 12.2 Å². The van der Waals surface area contributed by atoms with Crippen LogP contribution in [0.15, 0.2) is 0 Å². The molecular weight excluding hydrogens is 142 g/mol. The van der Waals surface area contributed by atoms with Crippen LogP contribution in [0.1, 0.15) is 13.3 Å². The molecule has 0 amide bonds. The molecule has 66 valence electrons. The van der Waals surface area contributed by atoms with Crippen molar-refractivity contribution in [1.82, 2.24) is 4.90 Å². The average molecular weight is 159 g/mol. The van der Waals surface area contributed by atoms with Gasteiger partial charge in [-0.2, -0.15) is 0 Å². The molecule has 3 heteroatoms. The number of piperidine rings is 1. The summed E-state index contributed by atoms with van der Waals surface area (Å²) >= 11 is 0. The molecule has 1 heterocycles. The third-order valence-electron chi connectivity index (χ3n) is 2.11. The van der Waals surface area contributed by atoms with E-state index in [2.05, 4.69) is 11.9 Å². The molecule has 0 aromatic carbocycles. The number of ether oxygens (including phenoxy) is 1. The summed E-state index contributed by atoms with van der Waals surface area (Å²) in [6, 6.07) is 0. The standard InChI is InChI=1S/C8H17NO2/c1-3-11-8-6-9(2)5-4-7(8)10/h7-8,10H,3-6H2,1-2H3. The molecule has 1 aliphatic heterocycles. The Bertz CT molecular complexity index is 119. The van der Waals surface area contributed by atoms with Gasteiger partial charge in [0, 0.05) is 19.7 Å². The molecule has 0 aliphatic carbocycles. The highest BCUT2D eigenvalue weighted by Gasteiger charge is 2.25. The Balaban J connectivity index is 2.34. The van der Waals surface area contributed by atoms with E-state index in [1.165, 1.54) is 0 Å². The predicted molar refractivity (Wildman–Crippen MR) is 43.5 cm³/mol. The van der Waals surface area contributed by atoms with E-state index in [0.29, 0.717) is 6.61 Å². The Kier molecular flexibility index (Phi) is 3.30. The van der Waals surface area contributed by atoms with Crippen molar-refractivity contribution in [2.24, 2.45) is 0 Å². The van der Waals surface area contributed by atoms with Crippen molar-refractivity contribution in [2.75, 3.05) is 26.7 Å². The van der Waals surface area contributed by atoms with Gasteiger partial charge in [0.25, 0.3) is 0 Å². The van der Waals surface area contributed by atoms with Gasteiger partial charge in [0.1, 0.15) is 0 Å². The number of likely N-dealkylation sites (N-methyl/N-ethyl adjacent to an activating group) is 1. The molecule has 0 radical (unpaired) electrons. The second kappa shape index (κ2) is 4.04. The minimum atomic E-state index is -0.258. The van der Waals surface area contributed by atoms with Gasteiger partial charge >= 0.3 is 0 Å². The zero-order chi connectivity index (χ0) is 8.27. The molecule has 0 aromatic heterocycles. The Morgan fingerprint density at radius 3 is 3.00 bits per heavy atom. The number of hydrogen-bond donors (Lipinski definition) is 1. The summed E-state index contributed by atoms with van der Waals surface area (Å²) < 4.78 is 5.37. The van der Waals surface area contributed by atoms with Crippen molar-refractivity contribution in [1.29, 1.82) is 0 Å². The Hall–Kier alpha value is -0.120. The highest BCUT2D eigenvalue weighted by molar-refractivity contribution is 4.78. The normalized spacial score (nSPS) is 34.1. The van der Waals surface area contributed by atoms with Crippen LogP contribution in [-0.4, -0.2) is 49.0 Å². The Morgan fingerprint density at radius 1 is 1.64 bits per heavy atom. The fourth-order valence-corrected chi connectivity index (χ4v) is 1.44. The highest BCUT2D eigenvalue weighted by atomic mass is 16.5. The lowest BCUT2D eigenvalue weighted by molar-refractivity contribution is -0.0712. The van der Waals surface area contributed by atoms with Crippen LogP contribution < -0.4 is 0 Å². The van der Waals surface area contributed by atoms with Gasteiger partial charge in [0.15, 0.2) is 0 Å². The van der Waals surface area contributed by atoms with Gasteiger partial charge in [-0.05, 0) is 20.4 Å². The number of likely N-dealkylation sites (tertiary alicyclic amines) is 1. The molecule has 0 aromatic rings. The van der Waals surface area contributed by atoms with Crippen molar-refractivity contribution in [3.8, 4) is 0 Å². The molecular formula is C8H17NO2. The van der Waals surface area contributed by atoms with Crippen LogP contribution >= 0.6 is 0 Å². The van der Waals surface area contributed by atoms with Gasteiger partial charge in [-0.3, -0.25) is 0 Å². The van der Waals surface area contributed by atoms with E-state index < -0.39 is 0 Å². The van der Waals surface area contributed by atoms with Crippen LogP contribution in [0.5, 0.6) is 0 Å². The smallest absolute Gasteiger partial charge is 0.0960 e. The maximum Gasteiger partial charge on any atom is 0.0960 e. The first-order valence-electron chi connectivity index (χ1n) is 4.22. The van der Waals surface area contributed by atoms with Crippen LogP contribution in [0.2, 0.25) is 0 Å². The molecule has 0 spiro atoms. The van der Waals surface area contributed by atoms with E-state index in [0.717, 1.165) is 19.5 Å². The van der Waals surface area contributed by atoms with E-state index in [1.54, 1.807) is 0 Å². The number of aliphatic hydroxyl groups excluding tert-OH is 1. The largest absolute Gasteiger partial charge is 0.390 e. The van der Waals surface area contributed by atoms with Gasteiger partial charge in [0.2, 0.25) is 0 Å². The average Bonchev–Trinajstić information content (AvgIpc) is 1.98. The number of nitrogens with zero attached hydrogens (tertiary/aromatic N) is 1. The lowest BCUT2D eigenvalue weighted by Gasteiger charge is -2.33. The van der Waals surface area contributed by atoms with Gasteiger partial charge < -0.3 is 14.7 Å². The second-order valence-corrected chi connectivity index (χ2v) is 3.11. The molecule has 1 fully saturated rings. The molecule has 2 atom stereocenters. The molecule has 2 unspecified atom stereocenters. The first kappa shape index (κ1) is 8.97. The summed E-state index contributed by atoms with van der Waals surface area (Å²) in [4.78, 5) is 2.19. The molecule has 1 rings (SSSR count). The Morgan fingerprint density at radius 2 is 2.36 bits per heavy atom. The molecule has 1 aliphatic rings. The molecule has 1 saturated heterocycles. The predicted octanol–water partition coefficient (Wildman–Crippen LogP) is 0.0879. The first-order valence-corrected chi connectivity index (χ1v) is 4.22. The topological polar surface area (TPSA) is 32.7 Å². The summed E-state index contributed by atoms with van der Waals surface area (Å²) in [7, 11) is 2.05. The molecule has 0 bridgehead atoms. The van der Waals surface area contributed by atoms with Crippen molar-refractivity contribution in [3.63, 3.8) is 0 Å². The lowest BCUT2D eigenvalue weighted by atomic mass is 10.1. The van der Waals surface area contributed by atoms with E-state index in [1.807, 2.05) is 6.92 Å². The maximum absolute atomic E-state index is 9.47. The van der Waals surface area contributed by atoms with E-state index >= 15 is 0 Å². The molecule has 1 N–H and O–H groups in total. The van der Waals surface area contributed by atoms with E-state index in [9.17, 15) is 5.11 Å². The molecule has 3 nitrogen and oxygen atoms in total. The molecule has 0 saturated carbocycles. The summed E-state index contributed by atoms with van der Waals surface area (Å²) in [5.74, 6) is 0. The number of aliphatic hydroxyl groups is 1.